The molecule has 0 atom stereocenters. The van der Waals surface area contributed by atoms with Gasteiger partial charge in [-0.1, -0.05) is 11.6 Å². The van der Waals surface area contributed by atoms with Gasteiger partial charge in [-0.15, -0.1) is 0 Å². The summed E-state index contributed by atoms with van der Waals surface area (Å²) in [6, 6.07) is 1.54. The lowest BCUT2D eigenvalue weighted by Gasteiger charge is -1.99. The molecule has 1 aromatic rings. The molecule has 13 heavy (non-hydrogen) atoms. The molecule has 7 heteroatoms. The summed E-state index contributed by atoms with van der Waals surface area (Å²) in [5.74, 6) is -0.276. The van der Waals surface area contributed by atoms with E-state index in [1.807, 2.05) is 0 Å². The van der Waals surface area contributed by atoms with Gasteiger partial charge in [-0.25, -0.2) is 23.5 Å². The molecule has 0 aliphatic rings. The van der Waals surface area contributed by atoms with Crippen LogP contribution in [0.15, 0.2) is 6.07 Å². The smallest absolute Gasteiger partial charge is 0.216 e. The first-order chi connectivity index (χ1) is 5.87. The number of primary sulfonamides is 1. The van der Waals surface area contributed by atoms with Gasteiger partial charge in [-0.3, -0.25) is 0 Å². The van der Waals surface area contributed by atoms with Crippen LogP contribution in [0.2, 0.25) is 5.15 Å². The summed E-state index contributed by atoms with van der Waals surface area (Å²) in [6.07, 6.45) is 0. The van der Waals surface area contributed by atoms with E-state index >= 15 is 0 Å². The zero-order valence-electron chi connectivity index (χ0n) is 6.86. The van der Waals surface area contributed by atoms with Crippen LogP contribution in [-0.4, -0.2) is 18.4 Å². The van der Waals surface area contributed by atoms with Crippen LogP contribution in [0.3, 0.4) is 0 Å². The molecule has 0 amide bonds. The molecule has 72 valence electrons. The van der Waals surface area contributed by atoms with Crippen LogP contribution in [0, 0.1) is 6.92 Å². The second-order valence-corrected chi connectivity index (χ2v) is 4.56. The zero-order valence-corrected chi connectivity index (χ0v) is 8.43. The molecule has 0 bridgehead atoms. The van der Waals surface area contributed by atoms with Gasteiger partial charge in [-0.2, -0.15) is 0 Å². The summed E-state index contributed by atoms with van der Waals surface area (Å²) >= 11 is 5.59. The van der Waals surface area contributed by atoms with Gasteiger partial charge in [0.25, 0.3) is 0 Å². The van der Waals surface area contributed by atoms with Crippen LogP contribution in [0.25, 0.3) is 0 Å². The summed E-state index contributed by atoms with van der Waals surface area (Å²) in [5, 5.41) is 5.03. The van der Waals surface area contributed by atoms with E-state index < -0.39 is 15.8 Å². The molecular weight excluding hydrogens is 214 g/mol. The maximum atomic E-state index is 10.7. The van der Waals surface area contributed by atoms with Crippen molar-refractivity contribution in [3.05, 3.63) is 22.7 Å². The Hall–Kier alpha value is -0.720. The Morgan fingerprint density at radius 2 is 2.15 bits per heavy atom. The summed E-state index contributed by atoms with van der Waals surface area (Å²) < 4.78 is 21.4. The monoisotopic (exact) mass is 221 g/mol. The lowest BCUT2D eigenvalue weighted by molar-refractivity contribution is 0.595. The first-order valence-electron chi connectivity index (χ1n) is 3.37. The number of rotatable bonds is 2. The maximum Gasteiger partial charge on any atom is 0.216 e. The predicted octanol–water partition coefficient (Wildman–Crippen LogP) is 0.227. The molecule has 1 rings (SSSR count). The van der Waals surface area contributed by atoms with Gasteiger partial charge in [0.15, 0.2) is 0 Å². The zero-order chi connectivity index (χ0) is 10.1. The minimum atomic E-state index is -3.59. The molecule has 1 heterocycles. The molecule has 0 spiro atoms. The Balaban J connectivity index is 3.03. The second-order valence-electron chi connectivity index (χ2n) is 2.56. The number of hydrogen-bond acceptors (Lipinski definition) is 4. The van der Waals surface area contributed by atoms with Crippen molar-refractivity contribution in [3.8, 4) is 0 Å². The number of nitrogens with zero attached hydrogens (tertiary/aromatic N) is 2. The molecule has 0 fully saturated rings. The highest BCUT2D eigenvalue weighted by molar-refractivity contribution is 7.88. The Kier molecular flexibility index (Phi) is 2.84. The molecular formula is C6H8ClN3O2S. The minimum Gasteiger partial charge on any atom is -0.237 e. The fourth-order valence-corrected chi connectivity index (χ4v) is 1.58. The number of nitrogens with two attached hydrogens (primary N) is 1. The standard InChI is InChI=1S/C6H8ClN3O2S/c1-4-2-5(7)10-6(9-4)3-13(8,11)12/h2H,3H2,1H3,(H2,8,11,12). The number of halogens is 1. The maximum absolute atomic E-state index is 10.7. The molecule has 0 aromatic carbocycles. The predicted molar refractivity (Wildman–Crippen MR) is 48.6 cm³/mol. The van der Waals surface area contributed by atoms with Crippen molar-refractivity contribution in [2.24, 2.45) is 5.14 Å². The molecule has 0 saturated heterocycles. The number of sulfonamides is 1. The van der Waals surface area contributed by atoms with Crippen molar-refractivity contribution >= 4 is 21.6 Å². The fourth-order valence-electron chi connectivity index (χ4n) is 0.833. The molecule has 0 aliphatic heterocycles. The van der Waals surface area contributed by atoms with Crippen molar-refractivity contribution < 1.29 is 8.42 Å². The van der Waals surface area contributed by atoms with Gasteiger partial charge in [0, 0.05) is 5.69 Å². The Morgan fingerprint density at radius 1 is 1.54 bits per heavy atom. The summed E-state index contributed by atoms with van der Waals surface area (Å²) in [6.45, 7) is 1.69. The largest absolute Gasteiger partial charge is 0.237 e. The van der Waals surface area contributed by atoms with E-state index in [1.165, 1.54) is 6.07 Å². The normalized spacial score (nSPS) is 11.6. The molecule has 0 saturated carbocycles. The van der Waals surface area contributed by atoms with Crippen molar-refractivity contribution in [1.82, 2.24) is 9.97 Å². The highest BCUT2D eigenvalue weighted by atomic mass is 35.5. The number of aryl methyl sites for hydroxylation is 1. The van der Waals surface area contributed by atoms with Gasteiger partial charge in [0.05, 0.1) is 0 Å². The number of aromatic nitrogens is 2. The summed E-state index contributed by atoms with van der Waals surface area (Å²) in [5.41, 5.74) is 0.610. The third kappa shape index (κ3) is 3.67. The van der Waals surface area contributed by atoms with E-state index in [9.17, 15) is 8.42 Å². The third-order valence-corrected chi connectivity index (χ3v) is 2.05. The highest BCUT2D eigenvalue weighted by Gasteiger charge is 2.08. The summed E-state index contributed by atoms with van der Waals surface area (Å²) in [4.78, 5) is 7.58. The molecule has 1 aromatic heterocycles. The second kappa shape index (κ2) is 3.57. The fraction of sp³-hybridized carbons (Fsp3) is 0.333. The molecule has 0 radical (unpaired) electrons. The first kappa shape index (κ1) is 10.4. The van der Waals surface area contributed by atoms with E-state index in [1.54, 1.807) is 6.92 Å². The van der Waals surface area contributed by atoms with Crippen LogP contribution >= 0.6 is 11.6 Å². The summed E-state index contributed by atoms with van der Waals surface area (Å²) in [7, 11) is -3.59. The van der Waals surface area contributed by atoms with E-state index in [-0.39, 0.29) is 11.0 Å². The van der Waals surface area contributed by atoms with Crippen LogP contribution in [0.1, 0.15) is 11.5 Å². The Bertz CT molecular complexity index is 398. The Morgan fingerprint density at radius 3 is 2.62 bits per heavy atom. The SMILES string of the molecule is Cc1cc(Cl)nc(CS(N)(=O)=O)n1. The van der Waals surface area contributed by atoms with Crippen molar-refractivity contribution in [2.75, 3.05) is 0 Å². The van der Waals surface area contributed by atoms with E-state index in [4.69, 9.17) is 16.7 Å². The van der Waals surface area contributed by atoms with Gasteiger partial charge >= 0.3 is 0 Å². The third-order valence-electron chi connectivity index (χ3n) is 1.20. The van der Waals surface area contributed by atoms with Crippen LogP contribution in [0.5, 0.6) is 0 Å². The van der Waals surface area contributed by atoms with Gasteiger partial charge in [0.2, 0.25) is 10.0 Å². The highest BCUT2D eigenvalue weighted by Crippen LogP contribution is 2.07. The van der Waals surface area contributed by atoms with E-state index in [2.05, 4.69) is 9.97 Å². The molecule has 0 aliphatic carbocycles. The average molecular weight is 222 g/mol. The van der Waals surface area contributed by atoms with Crippen LogP contribution < -0.4 is 5.14 Å². The lowest BCUT2D eigenvalue weighted by atomic mass is 10.4. The van der Waals surface area contributed by atoms with Crippen molar-refractivity contribution in [1.29, 1.82) is 0 Å². The molecule has 5 nitrogen and oxygen atoms in total. The average Bonchev–Trinajstić information content (AvgIpc) is 1.78. The topological polar surface area (TPSA) is 85.9 Å². The van der Waals surface area contributed by atoms with Crippen molar-refractivity contribution in [2.45, 2.75) is 12.7 Å². The minimum absolute atomic E-state index is 0.118. The first-order valence-corrected chi connectivity index (χ1v) is 5.47. The van der Waals surface area contributed by atoms with Gasteiger partial charge in [0.1, 0.15) is 16.7 Å². The van der Waals surface area contributed by atoms with Crippen LogP contribution in [0.4, 0.5) is 0 Å². The van der Waals surface area contributed by atoms with Gasteiger partial charge < -0.3 is 0 Å². The Labute approximate surface area is 81.0 Å². The van der Waals surface area contributed by atoms with Gasteiger partial charge in [-0.05, 0) is 13.0 Å². The van der Waals surface area contributed by atoms with E-state index in [0.29, 0.717) is 5.69 Å². The van der Waals surface area contributed by atoms with Crippen molar-refractivity contribution in [3.63, 3.8) is 0 Å². The number of hydrogen-bond donors (Lipinski definition) is 1. The lowest BCUT2D eigenvalue weighted by Crippen LogP contribution is -2.16. The quantitative estimate of drug-likeness (QED) is 0.725. The molecule has 2 N–H and O–H groups in total. The van der Waals surface area contributed by atoms with E-state index in [0.717, 1.165) is 0 Å². The molecule has 0 unspecified atom stereocenters. The van der Waals surface area contributed by atoms with Crippen LogP contribution in [-0.2, 0) is 15.8 Å².